The van der Waals surface area contributed by atoms with Crippen molar-refractivity contribution in [3.8, 4) is 5.75 Å². The van der Waals surface area contributed by atoms with E-state index >= 15 is 0 Å². The highest BCUT2D eigenvalue weighted by Gasteiger charge is 2.06. The van der Waals surface area contributed by atoms with Gasteiger partial charge in [-0.25, -0.2) is 4.39 Å². The van der Waals surface area contributed by atoms with Crippen LogP contribution in [0.4, 0.5) is 15.8 Å². The summed E-state index contributed by atoms with van der Waals surface area (Å²) in [6.07, 6.45) is 0. The van der Waals surface area contributed by atoms with Crippen molar-refractivity contribution in [2.45, 2.75) is 6.92 Å². The molecule has 2 aromatic rings. The Bertz CT molecular complexity index is 647. The first-order chi connectivity index (χ1) is 10.6. The lowest BCUT2D eigenvalue weighted by molar-refractivity contribution is -0.114. The number of anilines is 2. The second kappa shape index (κ2) is 7.66. The number of benzene rings is 2. The van der Waals surface area contributed by atoms with E-state index in [1.54, 1.807) is 30.3 Å². The number of amides is 1. The van der Waals surface area contributed by atoms with Crippen LogP contribution in [0.3, 0.4) is 0 Å². The summed E-state index contributed by atoms with van der Waals surface area (Å²) in [5, 5.41) is 5.74. The molecule has 116 valence electrons. The van der Waals surface area contributed by atoms with Crippen LogP contribution in [0.15, 0.2) is 42.5 Å². The van der Waals surface area contributed by atoms with Gasteiger partial charge >= 0.3 is 0 Å². The zero-order valence-corrected chi connectivity index (χ0v) is 12.8. The molecule has 0 bridgehead atoms. The third-order valence-corrected chi connectivity index (χ3v) is 3.05. The molecule has 0 aliphatic heterocycles. The van der Waals surface area contributed by atoms with Crippen LogP contribution in [0.25, 0.3) is 0 Å². The van der Waals surface area contributed by atoms with Crippen molar-refractivity contribution in [2.75, 3.05) is 23.8 Å². The van der Waals surface area contributed by atoms with Crippen molar-refractivity contribution in [2.24, 2.45) is 0 Å². The Hall–Kier alpha value is -2.27. The van der Waals surface area contributed by atoms with Gasteiger partial charge in [0.2, 0.25) is 5.91 Å². The molecule has 2 N–H and O–H groups in total. The molecular formula is C16H16ClFN2O2. The van der Waals surface area contributed by atoms with Crippen LogP contribution in [0.5, 0.6) is 5.75 Å². The van der Waals surface area contributed by atoms with E-state index in [1.807, 2.05) is 6.92 Å². The van der Waals surface area contributed by atoms with Crippen LogP contribution in [-0.2, 0) is 4.79 Å². The Morgan fingerprint density at radius 2 is 1.95 bits per heavy atom. The molecule has 0 saturated heterocycles. The molecule has 2 aromatic carbocycles. The fourth-order valence-corrected chi connectivity index (χ4v) is 1.97. The molecule has 4 nitrogen and oxygen atoms in total. The average molecular weight is 323 g/mol. The normalized spacial score (nSPS) is 10.1. The third kappa shape index (κ3) is 4.63. The van der Waals surface area contributed by atoms with E-state index in [0.717, 1.165) is 5.75 Å². The van der Waals surface area contributed by atoms with Gasteiger partial charge in [-0.2, -0.15) is 0 Å². The maximum atomic E-state index is 13.6. The first kappa shape index (κ1) is 16.1. The molecule has 0 aromatic heterocycles. The molecule has 0 unspecified atom stereocenters. The molecule has 0 saturated carbocycles. The van der Waals surface area contributed by atoms with Crippen LogP contribution in [0, 0.1) is 5.82 Å². The van der Waals surface area contributed by atoms with E-state index < -0.39 is 5.82 Å². The summed E-state index contributed by atoms with van der Waals surface area (Å²) in [7, 11) is 0. The Balaban J connectivity index is 1.87. The Morgan fingerprint density at radius 1 is 1.23 bits per heavy atom. The van der Waals surface area contributed by atoms with Gasteiger partial charge in [-0.3, -0.25) is 4.79 Å². The predicted octanol–water partition coefficient (Wildman–Crippen LogP) is 3.93. The summed E-state index contributed by atoms with van der Waals surface area (Å²) in [6, 6.07) is 11.3. The maximum absolute atomic E-state index is 13.6. The highest BCUT2D eigenvalue weighted by Crippen LogP contribution is 2.19. The van der Waals surface area contributed by atoms with Crippen LogP contribution in [-0.4, -0.2) is 19.1 Å². The Labute approximate surface area is 133 Å². The van der Waals surface area contributed by atoms with Crippen LogP contribution in [0.1, 0.15) is 6.92 Å². The first-order valence-electron chi connectivity index (χ1n) is 6.80. The molecule has 0 radical (unpaired) electrons. The number of carbonyl (C=O) groups is 1. The zero-order chi connectivity index (χ0) is 15.9. The lowest BCUT2D eigenvalue weighted by Gasteiger charge is -2.09. The fraction of sp³-hybridized carbons (Fsp3) is 0.188. The zero-order valence-electron chi connectivity index (χ0n) is 12.0. The molecule has 0 aliphatic rings. The Morgan fingerprint density at radius 3 is 2.59 bits per heavy atom. The number of rotatable bonds is 6. The Kier molecular flexibility index (Phi) is 5.61. The number of nitrogens with one attached hydrogen (secondary N) is 2. The average Bonchev–Trinajstić information content (AvgIpc) is 2.49. The van der Waals surface area contributed by atoms with Crippen molar-refractivity contribution < 1.29 is 13.9 Å². The van der Waals surface area contributed by atoms with Crippen LogP contribution in [0.2, 0.25) is 5.02 Å². The monoisotopic (exact) mass is 322 g/mol. The number of carbonyl (C=O) groups excluding carboxylic acids is 1. The summed E-state index contributed by atoms with van der Waals surface area (Å²) in [5.74, 6) is -0.0401. The van der Waals surface area contributed by atoms with E-state index in [0.29, 0.717) is 17.3 Å². The van der Waals surface area contributed by atoms with Gasteiger partial charge in [0.25, 0.3) is 0 Å². The van der Waals surface area contributed by atoms with Gasteiger partial charge in [0.05, 0.1) is 18.8 Å². The van der Waals surface area contributed by atoms with Crippen molar-refractivity contribution in [1.82, 2.24) is 0 Å². The van der Waals surface area contributed by atoms with E-state index in [4.69, 9.17) is 16.3 Å². The quantitative estimate of drug-likeness (QED) is 0.847. The van der Waals surface area contributed by atoms with Crippen molar-refractivity contribution in [1.29, 1.82) is 0 Å². The lowest BCUT2D eigenvalue weighted by Crippen LogP contribution is -2.22. The van der Waals surface area contributed by atoms with Crippen molar-refractivity contribution in [3.63, 3.8) is 0 Å². The molecule has 0 spiro atoms. The number of halogens is 2. The predicted molar refractivity (Wildman–Crippen MR) is 86.1 cm³/mol. The second-order valence-corrected chi connectivity index (χ2v) is 4.92. The minimum atomic E-state index is -0.499. The molecule has 1 amide bonds. The van der Waals surface area contributed by atoms with Gasteiger partial charge in [0.15, 0.2) is 0 Å². The molecule has 0 fully saturated rings. The number of hydrogen-bond donors (Lipinski definition) is 2. The summed E-state index contributed by atoms with van der Waals surface area (Å²) in [4.78, 5) is 11.8. The van der Waals surface area contributed by atoms with Gasteiger partial charge in [-0.05, 0) is 49.4 Å². The van der Waals surface area contributed by atoms with Crippen LogP contribution >= 0.6 is 11.6 Å². The molecule has 0 aliphatic carbocycles. The highest BCUT2D eigenvalue weighted by atomic mass is 35.5. The second-order valence-electron chi connectivity index (χ2n) is 4.48. The summed E-state index contributed by atoms with van der Waals surface area (Å²) in [5.41, 5.74) is 0.873. The summed E-state index contributed by atoms with van der Waals surface area (Å²) >= 11 is 5.66. The molecule has 2 rings (SSSR count). The molecule has 0 heterocycles. The number of hydrogen-bond acceptors (Lipinski definition) is 3. The van der Waals surface area contributed by atoms with Gasteiger partial charge in [0, 0.05) is 10.7 Å². The summed E-state index contributed by atoms with van der Waals surface area (Å²) in [6.45, 7) is 2.44. The number of ether oxygens (including phenoxy) is 1. The van der Waals surface area contributed by atoms with E-state index in [1.165, 1.54) is 12.1 Å². The smallest absolute Gasteiger partial charge is 0.243 e. The van der Waals surface area contributed by atoms with E-state index in [9.17, 15) is 9.18 Å². The van der Waals surface area contributed by atoms with Gasteiger partial charge in [-0.1, -0.05) is 11.6 Å². The largest absolute Gasteiger partial charge is 0.494 e. The van der Waals surface area contributed by atoms with Crippen molar-refractivity contribution >= 4 is 28.9 Å². The maximum Gasteiger partial charge on any atom is 0.243 e. The fourth-order valence-electron chi connectivity index (χ4n) is 1.81. The molecular weight excluding hydrogens is 307 g/mol. The van der Waals surface area contributed by atoms with E-state index in [-0.39, 0.29) is 18.1 Å². The summed E-state index contributed by atoms with van der Waals surface area (Å²) < 4.78 is 18.9. The van der Waals surface area contributed by atoms with Crippen molar-refractivity contribution in [3.05, 3.63) is 53.3 Å². The van der Waals surface area contributed by atoms with Gasteiger partial charge in [0.1, 0.15) is 11.6 Å². The molecule has 0 atom stereocenters. The van der Waals surface area contributed by atoms with Crippen LogP contribution < -0.4 is 15.4 Å². The topological polar surface area (TPSA) is 50.4 Å². The molecule has 6 heteroatoms. The highest BCUT2D eigenvalue weighted by molar-refractivity contribution is 6.30. The standard InChI is InChI=1S/C16H16ClFN2O2/c1-2-22-13-6-4-12(5-7-13)20-16(21)10-19-15-8-3-11(17)9-14(15)18/h3-9,19H,2,10H2,1H3,(H,20,21). The minimum Gasteiger partial charge on any atom is -0.494 e. The van der Waals surface area contributed by atoms with Gasteiger partial charge in [-0.15, -0.1) is 0 Å². The lowest BCUT2D eigenvalue weighted by atomic mass is 10.3. The first-order valence-corrected chi connectivity index (χ1v) is 7.18. The third-order valence-electron chi connectivity index (χ3n) is 2.82. The molecule has 22 heavy (non-hydrogen) atoms. The van der Waals surface area contributed by atoms with E-state index in [2.05, 4.69) is 10.6 Å². The van der Waals surface area contributed by atoms with Gasteiger partial charge < -0.3 is 15.4 Å². The SMILES string of the molecule is CCOc1ccc(NC(=O)CNc2ccc(Cl)cc2F)cc1. The minimum absolute atomic E-state index is 0.0498.